The molecule has 148 valence electrons. The molecule has 2 aromatic heterocycles. The van der Waals surface area contributed by atoms with Crippen LogP contribution in [0.2, 0.25) is 0 Å². The highest BCUT2D eigenvalue weighted by molar-refractivity contribution is 5.81. The van der Waals surface area contributed by atoms with E-state index >= 15 is 0 Å². The Hall–Kier alpha value is -3.55. The van der Waals surface area contributed by atoms with Gasteiger partial charge in [-0.15, -0.1) is 0 Å². The van der Waals surface area contributed by atoms with Gasteiger partial charge in [0, 0.05) is 17.8 Å². The number of hydrogen-bond acceptors (Lipinski definition) is 5. The second-order valence-electron chi connectivity index (χ2n) is 6.76. The second kappa shape index (κ2) is 7.83. The number of carbonyl (C=O) groups is 1. The minimum atomic E-state index is -0.724. The summed E-state index contributed by atoms with van der Waals surface area (Å²) in [5, 5.41) is 0. The number of likely N-dealkylation sites (tertiary alicyclic amines) is 1. The maximum atomic E-state index is 14.0. The first-order valence-corrected chi connectivity index (χ1v) is 9.05. The van der Waals surface area contributed by atoms with Crippen molar-refractivity contribution in [3.05, 3.63) is 72.2 Å². The first-order valence-electron chi connectivity index (χ1n) is 9.05. The number of nitrogens with zero attached hydrogens (tertiary/aromatic N) is 3. The molecule has 4 rings (SSSR count). The van der Waals surface area contributed by atoms with Crippen LogP contribution in [0.4, 0.5) is 14.5 Å². The molecule has 29 heavy (non-hydrogen) atoms. The summed E-state index contributed by atoms with van der Waals surface area (Å²) < 4.78 is 32.9. The normalized spacial score (nSPS) is 13.8. The van der Waals surface area contributed by atoms with Gasteiger partial charge in [-0.3, -0.25) is 14.8 Å². The van der Waals surface area contributed by atoms with Crippen LogP contribution in [0.1, 0.15) is 5.69 Å². The first kappa shape index (κ1) is 18.8. The number of nitrogens with two attached hydrogens (primary N) is 1. The summed E-state index contributed by atoms with van der Waals surface area (Å²) in [7, 11) is 0. The highest BCUT2D eigenvalue weighted by Gasteiger charge is 2.32. The van der Waals surface area contributed by atoms with E-state index in [9.17, 15) is 13.6 Å². The molecular weight excluding hydrogens is 378 g/mol. The zero-order valence-corrected chi connectivity index (χ0v) is 15.4. The molecule has 1 aliphatic heterocycles. The number of halogens is 2. The van der Waals surface area contributed by atoms with E-state index in [4.69, 9.17) is 10.5 Å². The molecule has 0 unspecified atom stereocenters. The zero-order valence-electron chi connectivity index (χ0n) is 15.4. The van der Waals surface area contributed by atoms with Gasteiger partial charge in [0.2, 0.25) is 5.91 Å². The number of aromatic nitrogens is 2. The van der Waals surface area contributed by atoms with Crippen LogP contribution in [0.3, 0.4) is 0 Å². The summed E-state index contributed by atoms with van der Waals surface area (Å²) in [6.45, 7) is 0.916. The number of rotatable bonds is 5. The Morgan fingerprint density at radius 2 is 2.03 bits per heavy atom. The zero-order chi connectivity index (χ0) is 20.4. The third-order valence-electron chi connectivity index (χ3n) is 4.67. The molecule has 8 heteroatoms. The van der Waals surface area contributed by atoms with Crippen molar-refractivity contribution in [2.24, 2.45) is 0 Å². The quantitative estimate of drug-likeness (QED) is 0.717. The Bertz CT molecular complexity index is 1040. The number of pyridine rings is 2. The molecule has 1 aliphatic rings. The topological polar surface area (TPSA) is 81.3 Å². The van der Waals surface area contributed by atoms with E-state index in [0.29, 0.717) is 35.9 Å². The lowest BCUT2D eigenvalue weighted by atomic mass is 10.1. The van der Waals surface area contributed by atoms with E-state index < -0.39 is 11.6 Å². The Balaban J connectivity index is 1.41. The van der Waals surface area contributed by atoms with Crippen molar-refractivity contribution < 1.29 is 18.3 Å². The van der Waals surface area contributed by atoms with E-state index in [1.54, 1.807) is 35.5 Å². The summed E-state index contributed by atoms with van der Waals surface area (Å²) in [5.41, 5.74) is 7.08. The Labute approximate surface area is 166 Å². The lowest BCUT2D eigenvalue weighted by molar-refractivity contribution is -0.139. The largest absolute Gasteiger partial charge is 0.485 e. The van der Waals surface area contributed by atoms with Crippen LogP contribution in [-0.2, 0) is 11.2 Å². The fourth-order valence-corrected chi connectivity index (χ4v) is 3.08. The van der Waals surface area contributed by atoms with Crippen molar-refractivity contribution in [3.8, 4) is 17.0 Å². The van der Waals surface area contributed by atoms with Crippen LogP contribution in [-0.4, -0.2) is 40.0 Å². The lowest BCUT2D eigenvalue weighted by Gasteiger charge is -2.39. The molecular formula is C21H18F2N4O2. The predicted molar refractivity (Wildman–Crippen MR) is 103 cm³/mol. The maximum Gasteiger partial charge on any atom is 0.228 e. The van der Waals surface area contributed by atoms with E-state index in [2.05, 4.69) is 9.97 Å². The molecule has 3 heterocycles. The summed E-state index contributed by atoms with van der Waals surface area (Å²) in [6.07, 6.45) is 3.18. The number of anilines is 1. The highest BCUT2D eigenvalue weighted by Crippen LogP contribution is 2.25. The summed E-state index contributed by atoms with van der Waals surface area (Å²) in [4.78, 5) is 22.5. The Morgan fingerprint density at radius 3 is 2.76 bits per heavy atom. The third-order valence-corrected chi connectivity index (χ3v) is 4.67. The van der Waals surface area contributed by atoms with Gasteiger partial charge in [0.15, 0.2) is 0 Å². The molecule has 6 nitrogen and oxygen atoms in total. The van der Waals surface area contributed by atoms with Crippen molar-refractivity contribution in [1.82, 2.24) is 14.9 Å². The van der Waals surface area contributed by atoms with Gasteiger partial charge in [0.05, 0.1) is 42.8 Å². The van der Waals surface area contributed by atoms with Gasteiger partial charge >= 0.3 is 0 Å². The standard InChI is InChI=1S/C21H18F2N4O2/c22-13-3-4-16(17(23)8-13)19-6-5-18(24)20(26-19)9-21(28)27-11-15(12-27)29-14-2-1-7-25-10-14/h1-8,10,15H,9,11-12,24H2. The molecule has 2 N–H and O–H groups in total. The highest BCUT2D eigenvalue weighted by atomic mass is 19.1. The number of nitrogen functional groups attached to an aromatic ring is 1. The number of ether oxygens (including phenoxy) is 1. The van der Waals surface area contributed by atoms with Crippen LogP contribution >= 0.6 is 0 Å². The van der Waals surface area contributed by atoms with E-state index in [0.717, 1.165) is 12.1 Å². The lowest BCUT2D eigenvalue weighted by Crippen LogP contribution is -2.56. The van der Waals surface area contributed by atoms with Crippen LogP contribution in [0, 0.1) is 11.6 Å². The van der Waals surface area contributed by atoms with Crippen molar-refractivity contribution in [2.45, 2.75) is 12.5 Å². The van der Waals surface area contributed by atoms with Gasteiger partial charge in [0.1, 0.15) is 23.5 Å². The summed E-state index contributed by atoms with van der Waals surface area (Å²) in [5.74, 6) is -0.882. The molecule has 0 bridgehead atoms. The summed E-state index contributed by atoms with van der Waals surface area (Å²) >= 11 is 0. The monoisotopic (exact) mass is 396 g/mol. The first-order chi connectivity index (χ1) is 14.0. The number of hydrogen-bond donors (Lipinski definition) is 1. The predicted octanol–water partition coefficient (Wildman–Crippen LogP) is 2.84. The molecule has 1 amide bonds. The van der Waals surface area contributed by atoms with Crippen molar-refractivity contribution >= 4 is 11.6 Å². The van der Waals surface area contributed by atoms with Gasteiger partial charge in [-0.05, 0) is 36.4 Å². The molecule has 0 spiro atoms. The second-order valence-corrected chi connectivity index (χ2v) is 6.76. The van der Waals surface area contributed by atoms with Crippen LogP contribution in [0.25, 0.3) is 11.3 Å². The third kappa shape index (κ3) is 4.16. The molecule has 3 aromatic rings. The van der Waals surface area contributed by atoms with Gasteiger partial charge in [-0.1, -0.05) is 0 Å². The number of amides is 1. The molecule has 0 radical (unpaired) electrons. The minimum Gasteiger partial charge on any atom is -0.485 e. The van der Waals surface area contributed by atoms with Gasteiger partial charge < -0.3 is 15.4 Å². The molecule has 1 fully saturated rings. The smallest absolute Gasteiger partial charge is 0.228 e. The SMILES string of the molecule is Nc1ccc(-c2ccc(F)cc2F)nc1CC(=O)N1CC(Oc2cccnc2)C1. The van der Waals surface area contributed by atoms with Gasteiger partial charge in [-0.2, -0.15) is 0 Å². The van der Waals surface area contributed by atoms with Gasteiger partial charge in [0.25, 0.3) is 0 Å². The van der Waals surface area contributed by atoms with Crippen molar-refractivity contribution in [3.63, 3.8) is 0 Å². The van der Waals surface area contributed by atoms with Crippen LogP contribution in [0.5, 0.6) is 5.75 Å². The van der Waals surface area contributed by atoms with Crippen LogP contribution < -0.4 is 10.5 Å². The average Bonchev–Trinajstić information content (AvgIpc) is 2.67. The van der Waals surface area contributed by atoms with E-state index in [-0.39, 0.29) is 24.0 Å². The maximum absolute atomic E-state index is 14.0. The van der Waals surface area contributed by atoms with Gasteiger partial charge in [-0.25, -0.2) is 8.78 Å². The molecule has 0 aliphatic carbocycles. The fraction of sp³-hybridized carbons (Fsp3) is 0.190. The minimum absolute atomic E-state index is 0.0118. The van der Waals surface area contributed by atoms with E-state index in [1.165, 1.54) is 6.07 Å². The fourth-order valence-electron chi connectivity index (χ4n) is 3.08. The Morgan fingerprint density at radius 1 is 1.21 bits per heavy atom. The average molecular weight is 396 g/mol. The summed E-state index contributed by atoms with van der Waals surface area (Å²) in [6, 6.07) is 9.96. The molecule has 1 aromatic carbocycles. The van der Waals surface area contributed by atoms with E-state index in [1.807, 2.05) is 6.07 Å². The number of carbonyl (C=O) groups excluding carboxylic acids is 1. The number of benzene rings is 1. The molecule has 0 atom stereocenters. The van der Waals surface area contributed by atoms with Crippen molar-refractivity contribution in [1.29, 1.82) is 0 Å². The van der Waals surface area contributed by atoms with Crippen molar-refractivity contribution in [2.75, 3.05) is 18.8 Å². The molecule has 0 saturated carbocycles. The molecule has 1 saturated heterocycles. The Kier molecular flexibility index (Phi) is 5.07. The van der Waals surface area contributed by atoms with Crippen LogP contribution in [0.15, 0.2) is 54.9 Å².